The second-order valence-corrected chi connectivity index (χ2v) is 5.04. The highest BCUT2D eigenvalue weighted by atomic mass is 32.1. The Hall–Kier alpha value is -2.21. The molecule has 0 bridgehead atoms. The Morgan fingerprint density at radius 1 is 1.42 bits per heavy atom. The molecule has 0 aliphatic rings. The first-order valence-electron chi connectivity index (χ1n) is 5.89. The summed E-state index contributed by atoms with van der Waals surface area (Å²) < 4.78 is 4.95. The Morgan fingerprint density at radius 2 is 2.32 bits per heavy atom. The fourth-order valence-electron chi connectivity index (χ4n) is 1.94. The van der Waals surface area contributed by atoms with E-state index in [0.717, 1.165) is 18.7 Å². The molecule has 6 heteroatoms. The second kappa shape index (κ2) is 4.81. The number of nitrogen functional groups attached to an aromatic ring is 1. The fourth-order valence-corrected chi connectivity index (χ4v) is 2.65. The van der Waals surface area contributed by atoms with Gasteiger partial charge in [-0.05, 0) is 34.9 Å². The van der Waals surface area contributed by atoms with Gasteiger partial charge in [-0.2, -0.15) is 11.3 Å². The lowest BCUT2D eigenvalue weighted by molar-refractivity contribution is 0.555. The summed E-state index contributed by atoms with van der Waals surface area (Å²) in [5.41, 5.74) is 9.72. The van der Waals surface area contributed by atoms with Crippen LogP contribution >= 0.6 is 11.3 Å². The van der Waals surface area contributed by atoms with Crippen LogP contribution in [0.1, 0.15) is 5.56 Å². The summed E-state index contributed by atoms with van der Waals surface area (Å²) in [6.07, 6.45) is 0.933. The molecule has 0 aliphatic heterocycles. The number of nitrogens with two attached hydrogens (primary N) is 1. The molecule has 4 N–H and O–H groups in total. The maximum Gasteiger partial charge on any atom is 0.417 e. The average Bonchev–Trinajstić information content (AvgIpc) is 2.98. The van der Waals surface area contributed by atoms with Crippen molar-refractivity contribution in [2.45, 2.75) is 6.42 Å². The van der Waals surface area contributed by atoms with Gasteiger partial charge in [0.05, 0.1) is 16.9 Å². The van der Waals surface area contributed by atoms with Crippen LogP contribution in [0.3, 0.4) is 0 Å². The van der Waals surface area contributed by atoms with Gasteiger partial charge in [0.1, 0.15) is 0 Å². The van der Waals surface area contributed by atoms with Gasteiger partial charge in [0, 0.05) is 12.6 Å². The lowest BCUT2D eigenvalue weighted by atomic mass is 10.2. The van der Waals surface area contributed by atoms with Gasteiger partial charge in [0.2, 0.25) is 0 Å². The van der Waals surface area contributed by atoms with Crippen LogP contribution in [-0.2, 0) is 6.42 Å². The molecule has 0 saturated heterocycles. The Morgan fingerprint density at radius 3 is 3.11 bits per heavy atom. The number of benzene rings is 1. The van der Waals surface area contributed by atoms with Gasteiger partial charge in [-0.25, -0.2) is 4.79 Å². The molecule has 0 spiro atoms. The Labute approximate surface area is 113 Å². The molecule has 0 amide bonds. The third-order valence-corrected chi connectivity index (χ3v) is 3.63. The number of oxazole rings is 1. The van der Waals surface area contributed by atoms with Crippen LogP contribution < -0.4 is 16.8 Å². The molecular formula is C13H13N3O2S. The van der Waals surface area contributed by atoms with Crippen LogP contribution in [0, 0.1) is 0 Å². The van der Waals surface area contributed by atoms with Gasteiger partial charge < -0.3 is 15.5 Å². The van der Waals surface area contributed by atoms with Crippen LogP contribution in [0.2, 0.25) is 0 Å². The number of aromatic amines is 1. The summed E-state index contributed by atoms with van der Waals surface area (Å²) >= 11 is 1.69. The Bertz CT molecular complexity index is 743. The summed E-state index contributed by atoms with van der Waals surface area (Å²) in [5.74, 6) is -0.468. The topological polar surface area (TPSA) is 84.0 Å². The number of aromatic nitrogens is 1. The first kappa shape index (κ1) is 11.9. The van der Waals surface area contributed by atoms with E-state index in [1.807, 2.05) is 0 Å². The van der Waals surface area contributed by atoms with E-state index in [9.17, 15) is 4.79 Å². The van der Waals surface area contributed by atoms with E-state index in [0.29, 0.717) is 16.8 Å². The maximum atomic E-state index is 11.1. The molecule has 0 saturated carbocycles. The lowest BCUT2D eigenvalue weighted by Crippen LogP contribution is -2.06. The number of H-pyrrole nitrogens is 1. The van der Waals surface area contributed by atoms with Crippen LogP contribution in [0.4, 0.5) is 11.4 Å². The molecular weight excluding hydrogens is 262 g/mol. The molecule has 19 heavy (non-hydrogen) atoms. The van der Waals surface area contributed by atoms with E-state index >= 15 is 0 Å². The summed E-state index contributed by atoms with van der Waals surface area (Å²) in [6.45, 7) is 0.786. The quantitative estimate of drug-likeness (QED) is 0.638. The minimum absolute atomic E-state index is 0.468. The average molecular weight is 275 g/mol. The van der Waals surface area contributed by atoms with Crippen molar-refractivity contribution in [2.75, 3.05) is 17.6 Å². The Balaban J connectivity index is 1.76. The molecule has 3 rings (SSSR count). The highest BCUT2D eigenvalue weighted by molar-refractivity contribution is 7.07. The van der Waals surface area contributed by atoms with E-state index in [1.54, 1.807) is 23.5 Å². The number of anilines is 2. The third-order valence-electron chi connectivity index (χ3n) is 2.90. The molecule has 0 radical (unpaired) electrons. The van der Waals surface area contributed by atoms with E-state index in [1.165, 1.54) is 5.56 Å². The van der Waals surface area contributed by atoms with E-state index in [4.69, 9.17) is 10.2 Å². The van der Waals surface area contributed by atoms with E-state index < -0.39 is 5.76 Å². The summed E-state index contributed by atoms with van der Waals surface area (Å²) in [6, 6.07) is 5.55. The molecule has 0 aliphatic carbocycles. The number of hydrogen-bond acceptors (Lipinski definition) is 5. The van der Waals surface area contributed by atoms with Gasteiger partial charge in [0.25, 0.3) is 0 Å². The van der Waals surface area contributed by atoms with Crippen molar-refractivity contribution in [3.8, 4) is 0 Å². The highest BCUT2D eigenvalue weighted by Crippen LogP contribution is 2.24. The largest absolute Gasteiger partial charge is 0.417 e. The molecule has 0 atom stereocenters. The summed E-state index contributed by atoms with van der Waals surface area (Å²) in [4.78, 5) is 13.7. The van der Waals surface area contributed by atoms with E-state index in [2.05, 4.69) is 27.1 Å². The Kier molecular flexibility index (Phi) is 3.00. The van der Waals surface area contributed by atoms with Gasteiger partial charge in [-0.3, -0.25) is 4.98 Å². The molecule has 2 aromatic heterocycles. The number of rotatable bonds is 4. The molecule has 98 valence electrons. The van der Waals surface area contributed by atoms with Crippen molar-refractivity contribution in [3.05, 3.63) is 45.1 Å². The maximum absolute atomic E-state index is 11.1. The van der Waals surface area contributed by atoms with Crippen molar-refractivity contribution >= 4 is 33.8 Å². The standard InChI is InChI=1S/C13H13N3O2S/c14-9-5-12-11(16-13(17)18-12)6-10(9)15-3-1-8-2-4-19-7-8/h2,4-7,15H,1,3,14H2,(H,16,17). The molecule has 0 fully saturated rings. The molecule has 0 unspecified atom stereocenters. The highest BCUT2D eigenvalue weighted by Gasteiger charge is 2.06. The van der Waals surface area contributed by atoms with Gasteiger partial charge in [0.15, 0.2) is 5.58 Å². The van der Waals surface area contributed by atoms with Crippen molar-refractivity contribution in [3.63, 3.8) is 0 Å². The number of thiophene rings is 1. The van der Waals surface area contributed by atoms with Gasteiger partial charge in [-0.15, -0.1) is 0 Å². The molecule has 2 heterocycles. The molecule has 1 aromatic carbocycles. The normalized spacial score (nSPS) is 10.9. The zero-order valence-corrected chi connectivity index (χ0v) is 10.9. The SMILES string of the molecule is Nc1cc2oc(=O)[nH]c2cc1NCCc1ccsc1. The van der Waals surface area contributed by atoms with Gasteiger partial charge in [-0.1, -0.05) is 0 Å². The summed E-state index contributed by atoms with van der Waals surface area (Å²) in [5, 5.41) is 7.46. The minimum Gasteiger partial charge on any atom is -0.408 e. The number of fused-ring (bicyclic) bond motifs is 1. The fraction of sp³-hybridized carbons (Fsp3) is 0.154. The van der Waals surface area contributed by atoms with Crippen molar-refractivity contribution in [1.82, 2.24) is 4.98 Å². The number of hydrogen-bond donors (Lipinski definition) is 3. The van der Waals surface area contributed by atoms with Gasteiger partial charge >= 0.3 is 5.76 Å². The third kappa shape index (κ3) is 2.48. The monoisotopic (exact) mass is 275 g/mol. The second-order valence-electron chi connectivity index (χ2n) is 4.26. The van der Waals surface area contributed by atoms with Crippen LogP contribution in [0.5, 0.6) is 0 Å². The smallest absolute Gasteiger partial charge is 0.408 e. The van der Waals surface area contributed by atoms with Crippen molar-refractivity contribution in [1.29, 1.82) is 0 Å². The zero-order chi connectivity index (χ0) is 13.2. The van der Waals surface area contributed by atoms with Crippen LogP contribution in [-0.4, -0.2) is 11.5 Å². The minimum atomic E-state index is -0.468. The predicted molar refractivity (Wildman–Crippen MR) is 77.8 cm³/mol. The predicted octanol–water partition coefficient (Wildman–Crippen LogP) is 2.42. The van der Waals surface area contributed by atoms with Crippen molar-refractivity contribution in [2.24, 2.45) is 0 Å². The van der Waals surface area contributed by atoms with Crippen LogP contribution in [0.25, 0.3) is 11.1 Å². The van der Waals surface area contributed by atoms with Crippen LogP contribution in [0.15, 0.2) is 38.2 Å². The lowest BCUT2D eigenvalue weighted by Gasteiger charge is -2.08. The molecule has 5 nitrogen and oxygen atoms in total. The van der Waals surface area contributed by atoms with E-state index in [-0.39, 0.29) is 0 Å². The first-order chi connectivity index (χ1) is 9.22. The summed E-state index contributed by atoms with van der Waals surface area (Å²) in [7, 11) is 0. The molecule has 3 aromatic rings. The first-order valence-corrected chi connectivity index (χ1v) is 6.84. The zero-order valence-electron chi connectivity index (χ0n) is 10.1. The van der Waals surface area contributed by atoms with Crippen molar-refractivity contribution < 1.29 is 4.42 Å². The number of nitrogens with one attached hydrogen (secondary N) is 2.